The summed E-state index contributed by atoms with van der Waals surface area (Å²) in [6.45, 7) is 9.69. The van der Waals surface area contributed by atoms with Crippen molar-refractivity contribution in [2.24, 2.45) is 5.92 Å². The van der Waals surface area contributed by atoms with Crippen LogP contribution in [0.25, 0.3) is 11.1 Å². The number of aryl methyl sites for hydroxylation is 3. The molecule has 2 atom stereocenters. The zero-order valence-corrected chi connectivity index (χ0v) is 25.3. The van der Waals surface area contributed by atoms with Gasteiger partial charge in [0.25, 0.3) is 0 Å². The van der Waals surface area contributed by atoms with Gasteiger partial charge in [-0.1, -0.05) is 48.9 Å². The number of carbonyl (C=O) groups excluding carboxylic acids is 1. The van der Waals surface area contributed by atoms with Crippen LogP contribution in [0.3, 0.4) is 0 Å². The van der Waals surface area contributed by atoms with E-state index in [9.17, 15) is 9.18 Å². The van der Waals surface area contributed by atoms with E-state index >= 15 is 0 Å². The van der Waals surface area contributed by atoms with Crippen molar-refractivity contribution in [3.05, 3.63) is 94.0 Å². The number of likely N-dealkylation sites (tertiary alicyclic amines) is 1. The summed E-state index contributed by atoms with van der Waals surface area (Å²) in [5.41, 5.74) is 11.4. The number of ether oxygens (including phenoxy) is 1. The van der Waals surface area contributed by atoms with Crippen molar-refractivity contribution in [3.8, 4) is 5.75 Å². The first-order valence-corrected chi connectivity index (χ1v) is 15.7. The zero-order chi connectivity index (χ0) is 29.2. The van der Waals surface area contributed by atoms with E-state index in [1.54, 1.807) is 0 Å². The Hall–Kier alpha value is -3.44. The van der Waals surface area contributed by atoms with Crippen molar-refractivity contribution in [1.29, 1.82) is 0 Å². The SMILES string of the molecule is Cc1ccc(C2=C(c3ccc(OC4CCN(CCCF)C4)cc3)c3ccc(N4CC(C)CC4=O)cc3CCC2)c(C)c1. The summed E-state index contributed by atoms with van der Waals surface area (Å²) in [5.74, 6) is 1.51. The van der Waals surface area contributed by atoms with Gasteiger partial charge >= 0.3 is 0 Å². The van der Waals surface area contributed by atoms with E-state index in [1.165, 1.54) is 44.5 Å². The molecule has 0 radical (unpaired) electrons. The van der Waals surface area contributed by atoms with E-state index in [1.807, 2.05) is 4.90 Å². The Bertz CT molecular complexity index is 1480. The summed E-state index contributed by atoms with van der Waals surface area (Å²) >= 11 is 0. The van der Waals surface area contributed by atoms with Crippen LogP contribution in [0, 0.1) is 19.8 Å². The van der Waals surface area contributed by atoms with E-state index < -0.39 is 0 Å². The lowest BCUT2D eigenvalue weighted by atomic mass is 9.86. The Morgan fingerprint density at radius 1 is 0.952 bits per heavy atom. The van der Waals surface area contributed by atoms with Gasteiger partial charge in [-0.15, -0.1) is 0 Å². The molecular formula is C37H43FN2O2. The summed E-state index contributed by atoms with van der Waals surface area (Å²) in [6.07, 6.45) is 5.39. The van der Waals surface area contributed by atoms with Crippen LogP contribution in [0.4, 0.5) is 10.1 Å². The average Bonchev–Trinajstić information content (AvgIpc) is 3.51. The molecule has 3 aliphatic rings. The fourth-order valence-corrected chi connectivity index (χ4v) is 7.10. The molecule has 3 aromatic rings. The molecule has 6 rings (SSSR count). The molecule has 2 aliphatic heterocycles. The molecule has 0 aromatic heterocycles. The molecule has 1 amide bonds. The number of nitrogens with zero attached hydrogens (tertiary/aromatic N) is 2. The fourth-order valence-electron chi connectivity index (χ4n) is 7.10. The maximum atomic E-state index is 12.7. The van der Waals surface area contributed by atoms with Crippen LogP contribution in [0.15, 0.2) is 60.7 Å². The maximum Gasteiger partial charge on any atom is 0.227 e. The highest BCUT2D eigenvalue weighted by atomic mass is 19.1. The van der Waals surface area contributed by atoms with E-state index in [2.05, 4.69) is 86.3 Å². The molecule has 2 saturated heterocycles. The Labute approximate surface area is 250 Å². The predicted octanol–water partition coefficient (Wildman–Crippen LogP) is 7.78. The average molecular weight is 567 g/mol. The first-order valence-electron chi connectivity index (χ1n) is 15.7. The minimum Gasteiger partial charge on any atom is -0.489 e. The second kappa shape index (κ2) is 12.4. The maximum absolute atomic E-state index is 12.7. The summed E-state index contributed by atoms with van der Waals surface area (Å²) in [7, 11) is 0. The number of benzene rings is 3. The molecule has 2 unspecified atom stereocenters. The van der Waals surface area contributed by atoms with Gasteiger partial charge in [-0.3, -0.25) is 14.1 Å². The van der Waals surface area contributed by atoms with Gasteiger partial charge < -0.3 is 9.64 Å². The van der Waals surface area contributed by atoms with Crippen molar-refractivity contribution >= 4 is 22.7 Å². The third-order valence-electron chi connectivity index (χ3n) is 9.15. The van der Waals surface area contributed by atoms with Crippen molar-refractivity contribution in [2.75, 3.05) is 37.8 Å². The lowest BCUT2D eigenvalue weighted by Crippen LogP contribution is -2.26. The van der Waals surface area contributed by atoms with Crippen molar-refractivity contribution in [1.82, 2.24) is 4.90 Å². The Morgan fingerprint density at radius 2 is 1.76 bits per heavy atom. The van der Waals surface area contributed by atoms with Crippen molar-refractivity contribution in [3.63, 3.8) is 0 Å². The zero-order valence-electron chi connectivity index (χ0n) is 25.3. The topological polar surface area (TPSA) is 32.8 Å². The van der Waals surface area contributed by atoms with Crippen LogP contribution in [-0.4, -0.2) is 49.8 Å². The summed E-state index contributed by atoms with van der Waals surface area (Å²) in [4.78, 5) is 17.0. The monoisotopic (exact) mass is 566 g/mol. The number of amides is 1. The standard InChI is InChI=1S/C37H43FN2O2/c1-25-8-14-33(27(3)20-25)35-7-4-6-29-22-30(40-23-26(2)21-36(40)41)11-15-34(29)37(35)28-9-12-31(13-10-28)42-32-16-19-39(24-32)18-5-17-38/h8-15,20,22,26,32H,4-7,16-19,21,23-24H2,1-3H3. The smallest absolute Gasteiger partial charge is 0.227 e. The number of alkyl halides is 1. The molecule has 0 bridgehead atoms. The van der Waals surface area contributed by atoms with E-state index in [0.29, 0.717) is 18.8 Å². The third-order valence-corrected chi connectivity index (χ3v) is 9.15. The third kappa shape index (κ3) is 6.03. The van der Waals surface area contributed by atoms with Crippen LogP contribution in [0.1, 0.15) is 72.4 Å². The molecule has 1 aliphatic carbocycles. The molecule has 0 N–H and O–H groups in total. The Morgan fingerprint density at radius 3 is 2.50 bits per heavy atom. The van der Waals surface area contributed by atoms with Gasteiger partial charge in [0, 0.05) is 38.3 Å². The Balaban J connectivity index is 1.36. The van der Waals surface area contributed by atoms with E-state index in [-0.39, 0.29) is 18.7 Å². The molecule has 220 valence electrons. The van der Waals surface area contributed by atoms with Crippen LogP contribution in [0.5, 0.6) is 5.75 Å². The van der Waals surface area contributed by atoms with Gasteiger partial charge in [-0.25, -0.2) is 0 Å². The normalized spacial score (nSPS) is 21.1. The minimum atomic E-state index is -0.260. The number of anilines is 1. The van der Waals surface area contributed by atoms with E-state index in [0.717, 1.165) is 63.3 Å². The lowest BCUT2D eigenvalue weighted by molar-refractivity contribution is -0.117. The molecule has 2 fully saturated rings. The van der Waals surface area contributed by atoms with Crippen molar-refractivity contribution in [2.45, 2.75) is 65.4 Å². The number of hydrogen-bond acceptors (Lipinski definition) is 3. The summed E-state index contributed by atoms with van der Waals surface area (Å²) in [5, 5.41) is 0. The second-order valence-electron chi connectivity index (χ2n) is 12.6. The molecule has 2 heterocycles. The van der Waals surface area contributed by atoms with Crippen LogP contribution in [-0.2, 0) is 11.2 Å². The second-order valence-corrected chi connectivity index (χ2v) is 12.6. The van der Waals surface area contributed by atoms with Gasteiger partial charge in [0.1, 0.15) is 11.9 Å². The number of allylic oxidation sites excluding steroid dienone is 1. The Kier molecular flexibility index (Phi) is 8.48. The molecule has 0 saturated carbocycles. The number of halogens is 1. The molecular weight excluding hydrogens is 523 g/mol. The van der Waals surface area contributed by atoms with E-state index in [4.69, 9.17) is 4.74 Å². The van der Waals surface area contributed by atoms with Crippen LogP contribution in [0.2, 0.25) is 0 Å². The van der Waals surface area contributed by atoms with Gasteiger partial charge in [0.2, 0.25) is 5.91 Å². The van der Waals surface area contributed by atoms with Crippen LogP contribution >= 0.6 is 0 Å². The number of hydrogen-bond donors (Lipinski definition) is 0. The first kappa shape index (κ1) is 28.7. The molecule has 4 nitrogen and oxygen atoms in total. The predicted molar refractivity (Wildman–Crippen MR) is 170 cm³/mol. The number of rotatable bonds is 8. The van der Waals surface area contributed by atoms with Gasteiger partial charge in [0.05, 0.1) is 6.67 Å². The number of fused-ring (bicyclic) bond motifs is 1. The number of carbonyl (C=O) groups is 1. The molecule has 5 heteroatoms. The van der Waals surface area contributed by atoms with Crippen LogP contribution < -0.4 is 9.64 Å². The highest BCUT2D eigenvalue weighted by molar-refractivity contribution is 6.01. The highest BCUT2D eigenvalue weighted by Crippen LogP contribution is 2.42. The first-order chi connectivity index (χ1) is 20.4. The lowest BCUT2D eigenvalue weighted by Gasteiger charge is -2.21. The van der Waals surface area contributed by atoms with Gasteiger partial charge in [-0.2, -0.15) is 0 Å². The molecule has 42 heavy (non-hydrogen) atoms. The quantitative estimate of drug-likeness (QED) is 0.279. The summed E-state index contributed by atoms with van der Waals surface area (Å²) in [6, 6.07) is 22.1. The van der Waals surface area contributed by atoms with Gasteiger partial charge in [0.15, 0.2) is 0 Å². The summed E-state index contributed by atoms with van der Waals surface area (Å²) < 4.78 is 19.0. The fraction of sp³-hybridized carbons (Fsp3) is 0.432. The highest BCUT2D eigenvalue weighted by Gasteiger charge is 2.29. The molecule has 0 spiro atoms. The largest absolute Gasteiger partial charge is 0.489 e. The van der Waals surface area contributed by atoms with Crippen molar-refractivity contribution < 1.29 is 13.9 Å². The van der Waals surface area contributed by atoms with Gasteiger partial charge in [-0.05, 0) is 115 Å². The molecule has 3 aromatic carbocycles. The minimum absolute atomic E-state index is 0.147.